The number of hydrogen-bond donors (Lipinski definition) is 2. The molecule has 0 saturated carbocycles. The Bertz CT molecular complexity index is 1610. The van der Waals surface area contributed by atoms with Gasteiger partial charge in [-0.3, -0.25) is 19.2 Å². The molecule has 2 N–H and O–H groups in total. The first-order valence-electron chi connectivity index (χ1n) is 11.9. The molecule has 4 heterocycles. The van der Waals surface area contributed by atoms with Crippen molar-refractivity contribution in [3.8, 4) is 0 Å². The number of hydrogen-bond acceptors (Lipinski definition) is 7. The third-order valence-corrected chi connectivity index (χ3v) is 7.38. The van der Waals surface area contributed by atoms with Gasteiger partial charge in [0, 0.05) is 31.6 Å². The summed E-state index contributed by atoms with van der Waals surface area (Å²) in [7, 11) is 1.66. The summed E-state index contributed by atoms with van der Waals surface area (Å²) >= 11 is 1.50. The molecule has 3 aromatic heterocycles. The third-order valence-electron chi connectivity index (χ3n) is 6.57. The van der Waals surface area contributed by atoms with Gasteiger partial charge in [-0.15, -0.1) is 0 Å². The molecule has 11 heteroatoms. The first kappa shape index (κ1) is 22.5. The molecular formula is C25H26N7O3S+. The van der Waals surface area contributed by atoms with E-state index in [1.54, 1.807) is 7.05 Å². The van der Waals surface area contributed by atoms with Crippen molar-refractivity contribution in [3.63, 3.8) is 0 Å². The Balaban J connectivity index is 1.28. The normalized spacial score (nSPS) is 14.2. The predicted octanol–water partition coefficient (Wildman–Crippen LogP) is 2.10. The minimum atomic E-state index is -0.442. The zero-order valence-corrected chi connectivity index (χ0v) is 20.6. The number of aromatic nitrogens is 5. The molecule has 1 aliphatic heterocycles. The Morgan fingerprint density at radius 3 is 2.47 bits per heavy atom. The number of aromatic amines is 2. The fourth-order valence-corrected chi connectivity index (χ4v) is 5.46. The number of nitrogens with one attached hydrogen (secondary N) is 2. The Morgan fingerprint density at radius 1 is 0.972 bits per heavy atom. The van der Waals surface area contributed by atoms with Gasteiger partial charge in [-0.25, -0.2) is 19.3 Å². The molecule has 1 aliphatic rings. The standard InChI is InChI=1S/C25H25N7O3S/c1-29-21-20(22(33)28-24(29)34)32(15-16-36-25-26-18-9-5-6-10-19(18)35-25)23(27-21)31-13-11-30(12-14-31)17-7-3-2-4-8-17/h2-10H,11-16H2,1H3,(H,28,33,34)/p+1. The average molecular weight is 505 g/mol. The summed E-state index contributed by atoms with van der Waals surface area (Å²) in [6.45, 7) is 3.81. The van der Waals surface area contributed by atoms with E-state index in [0.717, 1.165) is 43.2 Å². The summed E-state index contributed by atoms with van der Waals surface area (Å²) in [5, 5.41) is 0.593. The number of thioether (sulfide) groups is 1. The van der Waals surface area contributed by atoms with Crippen molar-refractivity contribution in [1.29, 1.82) is 0 Å². The van der Waals surface area contributed by atoms with Crippen LogP contribution in [-0.2, 0) is 13.6 Å². The molecule has 184 valence electrons. The molecule has 0 radical (unpaired) electrons. The fraction of sp³-hybridized carbons (Fsp3) is 0.280. The second-order valence-corrected chi connectivity index (χ2v) is 9.77. The van der Waals surface area contributed by atoms with E-state index in [1.807, 2.05) is 34.9 Å². The van der Waals surface area contributed by atoms with E-state index in [2.05, 4.69) is 49.0 Å². The zero-order valence-electron chi connectivity index (χ0n) is 19.8. The molecule has 5 aromatic rings. The highest BCUT2D eigenvalue weighted by molar-refractivity contribution is 7.99. The van der Waals surface area contributed by atoms with Crippen LogP contribution in [0.3, 0.4) is 0 Å². The number of piperazine rings is 1. The highest BCUT2D eigenvalue weighted by Crippen LogP contribution is 2.24. The molecule has 1 fully saturated rings. The van der Waals surface area contributed by atoms with Gasteiger partial charge in [-0.05, 0) is 24.3 Å². The van der Waals surface area contributed by atoms with Gasteiger partial charge in [0.2, 0.25) is 11.2 Å². The van der Waals surface area contributed by atoms with Gasteiger partial charge in [-0.1, -0.05) is 42.1 Å². The van der Waals surface area contributed by atoms with Crippen LogP contribution in [0.2, 0.25) is 0 Å². The molecule has 2 aromatic carbocycles. The van der Waals surface area contributed by atoms with Crippen LogP contribution >= 0.6 is 11.8 Å². The second kappa shape index (κ2) is 9.23. The lowest BCUT2D eigenvalue weighted by atomic mass is 10.2. The van der Waals surface area contributed by atoms with Crippen LogP contribution in [0.15, 0.2) is 73.8 Å². The third kappa shape index (κ3) is 4.05. The van der Waals surface area contributed by atoms with Crippen LogP contribution in [0.5, 0.6) is 0 Å². The van der Waals surface area contributed by atoms with Crippen LogP contribution in [0.1, 0.15) is 0 Å². The largest absolute Gasteiger partial charge is 0.431 e. The number of nitrogens with zero attached hydrogens (tertiary/aromatic N) is 5. The van der Waals surface area contributed by atoms with Gasteiger partial charge in [0.25, 0.3) is 10.8 Å². The van der Waals surface area contributed by atoms with Gasteiger partial charge >= 0.3 is 11.6 Å². The first-order valence-corrected chi connectivity index (χ1v) is 12.9. The Morgan fingerprint density at radius 2 is 1.69 bits per heavy atom. The topological polar surface area (TPSA) is 107 Å². The number of fused-ring (bicyclic) bond motifs is 2. The molecule has 6 rings (SSSR count). The van der Waals surface area contributed by atoms with E-state index >= 15 is 0 Å². The number of rotatable bonds is 6. The lowest BCUT2D eigenvalue weighted by Crippen LogP contribution is -2.52. The molecular weight excluding hydrogens is 478 g/mol. The maximum atomic E-state index is 12.9. The molecule has 0 spiro atoms. The smallest absolute Gasteiger partial charge is 0.359 e. The van der Waals surface area contributed by atoms with Crippen molar-refractivity contribution in [2.45, 2.75) is 11.8 Å². The Hall–Kier alpha value is -3.99. The number of H-pyrrole nitrogens is 2. The van der Waals surface area contributed by atoms with Gasteiger partial charge in [0.05, 0.1) is 19.6 Å². The van der Waals surface area contributed by atoms with Crippen molar-refractivity contribution >= 4 is 45.7 Å². The number of benzene rings is 2. The fourth-order valence-electron chi connectivity index (χ4n) is 4.70. The Kier molecular flexibility index (Phi) is 5.76. The lowest BCUT2D eigenvalue weighted by Gasteiger charge is -2.33. The van der Waals surface area contributed by atoms with Crippen LogP contribution in [-0.4, -0.2) is 51.5 Å². The molecule has 36 heavy (non-hydrogen) atoms. The molecule has 0 unspecified atom stereocenters. The maximum absolute atomic E-state index is 12.9. The number of oxazole rings is 1. The molecule has 1 saturated heterocycles. The highest BCUT2D eigenvalue weighted by atomic mass is 32.2. The molecule has 0 bridgehead atoms. The average Bonchev–Trinajstić information content (AvgIpc) is 3.50. The number of para-hydroxylation sites is 3. The number of aryl methyl sites for hydroxylation is 2. The van der Waals surface area contributed by atoms with Crippen molar-refractivity contribution in [1.82, 2.24) is 19.5 Å². The van der Waals surface area contributed by atoms with Crippen molar-refractivity contribution in [3.05, 3.63) is 75.4 Å². The van der Waals surface area contributed by atoms with E-state index < -0.39 is 11.2 Å². The number of imidazole rings is 1. The quantitative estimate of drug-likeness (QED) is 0.269. The zero-order chi connectivity index (χ0) is 24.6. The van der Waals surface area contributed by atoms with Crippen molar-refractivity contribution < 1.29 is 8.98 Å². The predicted molar refractivity (Wildman–Crippen MR) is 140 cm³/mol. The summed E-state index contributed by atoms with van der Waals surface area (Å²) in [6, 6.07) is 18.0. The van der Waals surface area contributed by atoms with Crippen molar-refractivity contribution in [2.24, 2.45) is 7.05 Å². The van der Waals surface area contributed by atoms with E-state index in [0.29, 0.717) is 28.7 Å². The summed E-state index contributed by atoms with van der Waals surface area (Å²) in [5.41, 5.74) is 2.90. The first-order chi connectivity index (χ1) is 17.6. The molecule has 0 atom stereocenters. The maximum Gasteiger partial charge on any atom is 0.359 e. The van der Waals surface area contributed by atoms with Crippen LogP contribution in [0.25, 0.3) is 22.3 Å². The minimum Gasteiger partial charge on any atom is -0.431 e. The van der Waals surface area contributed by atoms with Gasteiger partial charge in [-0.2, -0.15) is 0 Å². The molecule has 0 amide bonds. The monoisotopic (exact) mass is 504 g/mol. The lowest BCUT2D eigenvalue weighted by molar-refractivity contribution is -0.654. The molecule has 10 nitrogen and oxygen atoms in total. The summed E-state index contributed by atoms with van der Waals surface area (Å²) in [6.07, 6.45) is 0. The van der Waals surface area contributed by atoms with Gasteiger partial charge in [0.15, 0.2) is 5.58 Å². The van der Waals surface area contributed by atoms with Gasteiger partial charge in [0.1, 0.15) is 5.52 Å². The summed E-state index contributed by atoms with van der Waals surface area (Å²) in [5.74, 6) is 1.46. The highest BCUT2D eigenvalue weighted by Gasteiger charge is 2.30. The number of anilines is 2. The van der Waals surface area contributed by atoms with Gasteiger partial charge < -0.3 is 9.32 Å². The van der Waals surface area contributed by atoms with E-state index in [9.17, 15) is 9.59 Å². The SMILES string of the molecule is Cn1c(=O)[nH]c(=O)c2c1[nH]c(N1CCN(c3ccccc3)CC1)[n+]2CCSc1nc2ccccc2o1. The Labute approximate surface area is 210 Å². The second-order valence-electron chi connectivity index (χ2n) is 8.72. The minimum absolute atomic E-state index is 0.398. The van der Waals surface area contributed by atoms with E-state index in [1.165, 1.54) is 22.0 Å². The van der Waals surface area contributed by atoms with Crippen LogP contribution in [0.4, 0.5) is 11.6 Å². The van der Waals surface area contributed by atoms with E-state index in [4.69, 9.17) is 4.42 Å². The van der Waals surface area contributed by atoms with Crippen LogP contribution in [0, 0.1) is 0 Å². The van der Waals surface area contributed by atoms with Crippen molar-refractivity contribution in [2.75, 3.05) is 41.7 Å². The summed E-state index contributed by atoms with van der Waals surface area (Å²) in [4.78, 5) is 40.1. The van der Waals surface area contributed by atoms with Crippen LogP contribution < -0.4 is 25.6 Å². The van der Waals surface area contributed by atoms with E-state index in [-0.39, 0.29) is 0 Å². The summed E-state index contributed by atoms with van der Waals surface area (Å²) < 4.78 is 9.26. The molecule has 0 aliphatic carbocycles.